The number of methoxy groups -OCH3 is 1. The maximum atomic E-state index is 11.5. The van der Waals surface area contributed by atoms with Crippen LogP contribution >= 0.6 is 27.5 Å². The minimum Gasteiger partial charge on any atom is -0.474 e. The molecule has 1 saturated carbocycles. The molecule has 0 bridgehead atoms. The molecule has 0 saturated heterocycles. The van der Waals surface area contributed by atoms with E-state index in [9.17, 15) is 4.79 Å². The topological polar surface area (TPSA) is 35.5 Å². The van der Waals surface area contributed by atoms with Gasteiger partial charge in [-0.1, -0.05) is 27.5 Å². The molecule has 0 heterocycles. The quantitative estimate of drug-likeness (QED) is 0.805. The summed E-state index contributed by atoms with van der Waals surface area (Å²) < 4.78 is 11.2. The van der Waals surface area contributed by atoms with Crippen molar-refractivity contribution in [1.82, 2.24) is 0 Å². The first-order valence-corrected chi connectivity index (χ1v) is 5.97. The lowest BCUT2D eigenvalue weighted by Crippen LogP contribution is -2.30. The molecule has 0 aromatic heterocycles. The molecule has 0 aliphatic heterocycles. The van der Waals surface area contributed by atoms with Crippen molar-refractivity contribution in [2.75, 3.05) is 7.11 Å². The molecule has 1 aliphatic carbocycles. The molecule has 5 heteroatoms. The summed E-state index contributed by atoms with van der Waals surface area (Å²) in [6.45, 7) is 0. The highest BCUT2D eigenvalue weighted by Crippen LogP contribution is 2.43. The largest absolute Gasteiger partial charge is 0.474 e. The first kappa shape index (κ1) is 11.7. The maximum Gasteiger partial charge on any atom is 0.350 e. The molecule has 0 atom stereocenters. The Morgan fingerprint density at radius 3 is 2.69 bits per heavy atom. The molecule has 0 N–H and O–H groups in total. The maximum absolute atomic E-state index is 11.5. The Morgan fingerprint density at radius 1 is 1.50 bits per heavy atom. The predicted molar refractivity (Wildman–Crippen MR) is 63.8 cm³/mol. The number of halogens is 2. The number of ether oxygens (including phenoxy) is 2. The van der Waals surface area contributed by atoms with Gasteiger partial charge in [-0.15, -0.1) is 0 Å². The molecular formula is C11H10BrClO3. The van der Waals surface area contributed by atoms with Crippen LogP contribution in [0.1, 0.15) is 12.8 Å². The van der Waals surface area contributed by atoms with Gasteiger partial charge in [0.25, 0.3) is 0 Å². The minimum atomic E-state index is -0.813. The van der Waals surface area contributed by atoms with Crippen LogP contribution in [0.4, 0.5) is 0 Å². The number of rotatable bonds is 3. The lowest BCUT2D eigenvalue weighted by Gasteiger charge is -2.16. The van der Waals surface area contributed by atoms with Crippen molar-refractivity contribution < 1.29 is 14.3 Å². The number of hydrogen-bond acceptors (Lipinski definition) is 3. The summed E-state index contributed by atoms with van der Waals surface area (Å²) in [6.07, 6.45) is 1.35. The number of hydrogen-bond donors (Lipinski definition) is 0. The summed E-state index contributed by atoms with van der Waals surface area (Å²) >= 11 is 9.31. The van der Waals surface area contributed by atoms with E-state index in [-0.39, 0.29) is 5.97 Å². The monoisotopic (exact) mass is 304 g/mol. The first-order valence-electron chi connectivity index (χ1n) is 4.80. The van der Waals surface area contributed by atoms with E-state index < -0.39 is 5.60 Å². The van der Waals surface area contributed by atoms with E-state index in [0.717, 1.165) is 4.47 Å². The molecule has 0 spiro atoms. The van der Waals surface area contributed by atoms with Crippen molar-refractivity contribution in [3.05, 3.63) is 27.7 Å². The highest BCUT2D eigenvalue weighted by Gasteiger charge is 2.54. The van der Waals surface area contributed by atoms with Crippen molar-refractivity contribution >= 4 is 33.5 Å². The second kappa shape index (κ2) is 4.26. The fourth-order valence-corrected chi connectivity index (χ4v) is 2.13. The van der Waals surface area contributed by atoms with Gasteiger partial charge in [0.2, 0.25) is 5.60 Å². The zero-order valence-electron chi connectivity index (χ0n) is 8.63. The van der Waals surface area contributed by atoms with Gasteiger partial charge in [-0.25, -0.2) is 4.79 Å². The van der Waals surface area contributed by atoms with E-state index in [1.54, 1.807) is 12.1 Å². The minimum absolute atomic E-state index is 0.341. The fraction of sp³-hybridized carbons (Fsp3) is 0.364. The summed E-state index contributed by atoms with van der Waals surface area (Å²) in [5, 5.41) is 0.476. The molecule has 0 amide bonds. The van der Waals surface area contributed by atoms with Crippen LogP contribution in [0.15, 0.2) is 22.7 Å². The van der Waals surface area contributed by atoms with Gasteiger partial charge in [0.05, 0.1) is 12.1 Å². The van der Waals surface area contributed by atoms with Crippen molar-refractivity contribution in [2.45, 2.75) is 18.4 Å². The number of carbonyl (C=O) groups is 1. The summed E-state index contributed by atoms with van der Waals surface area (Å²) in [6, 6.07) is 5.27. The Hall–Kier alpha value is -0.740. The van der Waals surface area contributed by atoms with Crippen LogP contribution < -0.4 is 4.74 Å². The highest BCUT2D eigenvalue weighted by atomic mass is 79.9. The van der Waals surface area contributed by atoms with Crippen LogP contribution in [0.3, 0.4) is 0 Å². The fourth-order valence-electron chi connectivity index (χ4n) is 1.42. The number of carbonyl (C=O) groups excluding carboxylic acids is 1. The average molecular weight is 306 g/mol. The van der Waals surface area contributed by atoms with Crippen LogP contribution in [-0.4, -0.2) is 18.7 Å². The summed E-state index contributed by atoms with van der Waals surface area (Å²) in [5.41, 5.74) is -0.813. The average Bonchev–Trinajstić information content (AvgIpc) is 3.02. The Morgan fingerprint density at radius 2 is 2.19 bits per heavy atom. The van der Waals surface area contributed by atoms with Gasteiger partial charge in [0.15, 0.2) is 0 Å². The van der Waals surface area contributed by atoms with Gasteiger partial charge >= 0.3 is 5.97 Å². The summed E-state index contributed by atoms with van der Waals surface area (Å²) in [7, 11) is 1.36. The molecular weight excluding hydrogens is 295 g/mol. The lowest BCUT2D eigenvalue weighted by molar-refractivity contribution is -0.151. The van der Waals surface area contributed by atoms with Gasteiger partial charge in [0.1, 0.15) is 5.75 Å². The van der Waals surface area contributed by atoms with Crippen LogP contribution in [0.2, 0.25) is 5.02 Å². The van der Waals surface area contributed by atoms with E-state index in [0.29, 0.717) is 23.6 Å². The van der Waals surface area contributed by atoms with Crippen molar-refractivity contribution in [3.63, 3.8) is 0 Å². The molecule has 86 valence electrons. The second-order valence-electron chi connectivity index (χ2n) is 3.66. The van der Waals surface area contributed by atoms with Crippen molar-refractivity contribution in [1.29, 1.82) is 0 Å². The number of benzene rings is 1. The zero-order valence-corrected chi connectivity index (χ0v) is 11.0. The second-order valence-corrected chi connectivity index (χ2v) is 4.99. The zero-order chi connectivity index (χ0) is 11.8. The van der Waals surface area contributed by atoms with Crippen molar-refractivity contribution in [2.24, 2.45) is 0 Å². The van der Waals surface area contributed by atoms with Gasteiger partial charge in [-0.2, -0.15) is 0 Å². The molecule has 1 fully saturated rings. The standard InChI is InChI=1S/C11H10BrClO3/c1-15-10(14)11(4-5-11)16-9-3-2-7(12)6-8(9)13/h2-3,6H,4-5H2,1H3. The Labute approximate surface area is 107 Å². The molecule has 16 heavy (non-hydrogen) atoms. The molecule has 0 unspecified atom stereocenters. The van der Waals surface area contributed by atoms with Crippen LogP contribution in [-0.2, 0) is 9.53 Å². The highest BCUT2D eigenvalue weighted by molar-refractivity contribution is 9.10. The predicted octanol–water partition coefficient (Wildman–Crippen LogP) is 3.19. The Bertz CT molecular complexity index is 429. The SMILES string of the molecule is COC(=O)C1(Oc2ccc(Br)cc2Cl)CC1. The Balaban J connectivity index is 2.18. The third-order valence-electron chi connectivity index (χ3n) is 2.46. The molecule has 1 aromatic carbocycles. The van der Waals surface area contributed by atoms with Gasteiger partial charge < -0.3 is 9.47 Å². The Kier molecular flexibility index (Phi) is 3.13. The molecule has 3 nitrogen and oxygen atoms in total. The third kappa shape index (κ3) is 2.18. The van der Waals surface area contributed by atoms with E-state index >= 15 is 0 Å². The van der Waals surface area contributed by atoms with E-state index in [1.165, 1.54) is 7.11 Å². The van der Waals surface area contributed by atoms with Gasteiger partial charge in [-0.3, -0.25) is 0 Å². The smallest absolute Gasteiger partial charge is 0.350 e. The molecule has 0 radical (unpaired) electrons. The van der Waals surface area contributed by atoms with Gasteiger partial charge in [0, 0.05) is 17.3 Å². The first-order chi connectivity index (χ1) is 7.57. The van der Waals surface area contributed by atoms with E-state index in [2.05, 4.69) is 15.9 Å². The van der Waals surface area contributed by atoms with Gasteiger partial charge in [-0.05, 0) is 18.2 Å². The van der Waals surface area contributed by atoms with Crippen LogP contribution in [0.25, 0.3) is 0 Å². The normalized spacial score (nSPS) is 16.7. The van der Waals surface area contributed by atoms with Crippen LogP contribution in [0, 0.1) is 0 Å². The number of esters is 1. The lowest BCUT2D eigenvalue weighted by atomic mass is 10.3. The summed E-state index contributed by atoms with van der Waals surface area (Å²) in [4.78, 5) is 11.5. The third-order valence-corrected chi connectivity index (χ3v) is 3.25. The van der Waals surface area contributed by atoms with Crippen LogP contribution in [0.5, 0.6) is 5.75 Å². The summed E-state index contributed by atoms with van der Waals surface area (Å²) in [5.74, 6) is 0.166. The van der Waals surface area contributed by atoms with E-state index in [1.807, 2.05) is 6.07 Å². The van der Waals surface area contributed by atoms with Crippen molar-refractivity contribution in [3.8, 4) is 5.75 Å². The molecule has 1 aliphatic rings. The molecule has 1 aromatic rings. The molecule has 2 rings (SSSR count). The van der Waals surface area contributed by atoms with E-state index in [4.69, 9.17) is 21.1 Å².